The van der Waals surface area contributed by atoms with E-state index >= 15 is 0 Å². The van der Waals surface area contributed by atoms with Crippen molar-refractivity contribution < 1.29 is 22.8 Å². The van der Waals surface area contributed by atoms with Crippen molar-refractivity contribution in [1.82, 2.24) is 20.4 Å². The highest BCUT2D eigenvalue weighted by atomic mass is 19.4. The zero-order valence-corrected chi connectivity index (χ0v) is 14.4. The van der Waals surface area contributed by atoms with Crippen LogP contribution in [0, 0.1) is 0 Å². The third-order valence-electron chi connectivity index (χ3n) is 3.76. The van der Waals surface area contributed by atoms with Crippen molar-refractivity contribution in [1.29, 1.82) is 0 Å². The average molecular weight is 388 g/mol. The molecule has 9 heteroatoms. The summed E-state index contributed by atoms with van der Waals surface area (Å²) < 4.78 is 40.4. The van der Waals surface area contributed by atoms with Gasteiger partial charge in [-0.15, -0.1) is 0 Å². The minimum atomic E-state index is -4.72. The van der Waals surface area contributed by atoms with Crippen LogP contribution in [0.3, 0.4) is 0 Å². The second-order valence-electron chi connectivity index (χ2n) is 5.79. The van der Waals surface area contributed by atoms with Gasteiger partial charge in [-0.1, -0.05) is 42.5 Å². The van der Waals surface area contributed by atoms with Crippen molar-refractivity contribution in [2.24, 2.45) is 0 Å². The fourth-order valence-electron chi connectivity index (χ4n) is 2.54. The Morgan fingerprint density at radius 2 is 1.68 bits per heavy atom. The third-order valence-corrected chi connectivity index (χ3v) is 3.76. The maximum absolute atomic E-state index is 13.2. The number of nitrogens with zero attached hydrogens (tertiary/aromatic N) is 2. The van der Waals surface area contributed by atoms with Crippen LogP contribution in [0.5, 0.6) is 0 Å². The number of hydrogen-bond acceptors (Lipinski definition) is 3. The van der Waals surface area contributed by atoms with E-state index in [1.165, 1.54) is 24.3 Å². The number of hydrazine groups is 1. The largest absolute Gasteiger partial charge is 0.449 e. The molecule has 0 spiro atoms. The Morgan fingerprint density at radius 3 is 2.39 bits per heavy atom. The normalized spacial score (nSPS) is 11.7. The van der Waals surface area contributed by atoms with Crippen LogP contribution < -0.4 is 10.9 Å². The number of carbonyl (C=O) groups excluding carboxylic acids is 2. The van der Waals surface area contributed by atoms with Crippen molar-refractivity contribution in [3.63, 3.8) is 0 Å². The smallest absolute Gasteiger partial charge is 0.311 e. The van der Waals surface area contributed by atoms with Crippen LogP contribution in [-0.4, -0.2) is 21.4 Å². The summed E-state index contributed by atoms with van der Waals surface area (Å²) in [5, 5.41) is 0. The van der Waals surface area contributed by atoms with Crippen molar-refractivity contribution in [3.8, 4) is 0 Å². The summed E-state index contributed by atoms with van der Waals surface area (Å²) in [5.74, 6) is -2.63. The van der Waals surface area contributed by atoms with E-state index in [2.05, 4.69) is 15.8 Å². The minimum Gasteiger partial charge on any atom is -0.311 e. The number of amides is 2. The molecule has 2 amide bonds. The summed E-state index contributed by atoms with van der Waals surface area (Å²) in [7, 11) is 0. The van der Waals surface area contributed by atoms with E-state index in [1.54, 1.807) is 36.4 Å². The van der Waals surface area contributed by atoms with Gasteiger partial charge in [0.25, 0.3) is 11.8 Å². The lowest BCUT2D eigenvalue weighted by Gasteiger charge is -2.11. The molecule has 3 aromatic rings. The van der Waals surface area contributed by atoms with Crippen LogP contribution >= 0.6 is 0 Å². The minimum absolute atomic E-state index is 0.123. The molecule has 0 aliphatic heterocycles. The molecule has 0 bridgehead atoms. The SMILES string of the molecule is O=C(/C=C/c1ccccc1)NNC(=O)Cn1c(C(F)(F)F)nc2ccccc21. The summed E-state index contributed by atoms with van der Waals surface area (Å²) >= 11 is 0. The zero-order valence-electron chi connectivity index (χ0n) is 14.4. The van der Waals surface area contributed by atoms with Crippen LogP contribution in [0.1, 0.15) is 11.4 Å². The number of hydrogen-bond donors (Lipinski definition) is 2. The third kappa shape index (κ3) is 4.56. The number of carbonyl (C=O) groups is 2. The second-order valence-corrected chi connectivity index (χ2v) is 5.79. The number of halogens is 3. The fourth-order valence-corrected chi connectivity index (χ4v) is 2.54. The Kier molecular flexibility index (Phi) is 5.44. The highest BCUT2D eigenvalue weighted by Crippen LogP contribution is 2.31. The number of imidazole rings is 1. The molecule has 3 rings (SSSR count). The molecule has 28 heavy (non-hydrogen) atoms. The molecule has 0 radical (unpaired) electrons. The highest BCUT2D eigenvalue weighted by Gasteiger charge is 2.37. The lowest BCUT2D eigenvalue weighted by Crippen LogP contribution is -2.42. The molecule has 2 aromatic carbocycles. The highest BCUT2D eigenvalue weighted by molar-refractivity contribution is 5.93. The fraction of sp³-hybridized carbons (Fsp3) is 0.105. The lowest BCUT2D eigenvalue weighted by molar-refractivity contribution is -0.147. The molecule has 1 heterocycles. The van der Waals surface area contributed by atoms with Gasteiger partial charge < -0.3 is 4.57 Å². The maximum atomic E-state index is 13.2. The molecule has 0 aliphatic rings. The van der Waals surface area contributed by atoms with E-state index in [0.29, 0.717) is 0 Å². The first kappa shape index (κ1) is 19.2. The van der Waals surface area contributed by atoms with Crippen LogP contribution in [0.4, 0.5) is 13.2 Å². The van der Waals surface area contributed by atoms with Crippen molar-refractivity contribution in [2.45, 2.75) is 12.7 Å². The van der Waals surface area contributed by atoms with Gasteiger partial charge in [-0.2, -0.15) is 13.2 Å². The molecule has 0 saturated heterocycles. The summed E-state index contributed by atoms with van der Waals surface area (Å²) in [4.78, 5) is 27.4. The van der Waals surface area contributed by atoms with Crippen molar-refractivity contribution >= 4 is 28.9 Å². The van der Waals surface area contributed by atoms with Crippen LogP contribution in [-0.2, 0) is 22.3 Å². The van der Waals surface area contributed by atoms with E-state index in [4.69, 9.17) is 0 Å². The van der Waals surface area contributed by atoms with E-state index in [1.807, 2.05) is 6.07 Å². The van der Waals surface area contributed by atoms with Gasteiger partial charge in [0.05, 0.1) is 11.0 Å². The molecular formula is C19H15F3N4O2. The monoisotopic (exact) mass is 388 g/mol. The molecule has 0 unspecified atom stereocenters. The molecule has 144 valence electrons. The number of aromatic nitrogens is 2. The molecule has 1 aromatic heterocycles. The Balaban J connectivity index is 1.67. The molecule has 0 fully saturated rings. The van der Waals surface area contributed by atoms with E-state index in [0.717, 1.165) is 10.1 Å². The molecule has 0 saturated carbocycles. The Hall–Kier alpha value is -3.62. The van der Waals surface area contributed by atoms with E-state index < -0.39 is 30.4 Å². The summed E-state index contributed by atoms with van der Waals surface area (Å²) in [6, 6.07) is 15.0. The van der Waals surface area contributed by atoms with Gasteiger partial charge in [0.1, 0.15) is 6.54 Å². The Morgan fingerprint density at radius 1 is 1.00 bits per heavy atom. The number of alkyl halides is 3. The van der Waals surface area contributed by atoms with Crippen molar-refractivity contribution in [2.75, 3.05) is 0 Å². The van der Waals surface area contributed by atoms with Gasteiger partial charge in [0, 0.05) is 6.08 Å². The lowest BCUT2D eigenvalue weighted by atomic mass is 10.2. The predicted molar refractivity (Wildman–Crippen MR) is 96.5 cm³/mol. The van der Waals surface area contributed by atoms with Gasteiger partial charge in [-0.05, 0) is 23.8 Å². The standard InChI is InChI=1S/C19H15F3N4O2/c20-19(21,22)18-23-14-8-4-5-9-15(14)26(18)12-17(28)25-24-16(27)11-10-13-6-2-1-3-7-13/h1-11H,12H2,(H,24,27)(H,25,28)/b11-10+. The van der Waals surface area contributed by atoms with Gasteiger partial charge >= 0.3 is 6.18 Å². The van der Waals surface area contributed by atoms with Crippen molar-refractivity contribution in [3.05, 3.63) is 72.1 Å². The van der Waals surface area contributed by atoms with Gasteiger partial charge in [-0.25, -0.2) is 4.98 Å². The van der Waals surface area contributed by atoms with Gasteiger partial charge in [0.2, 0.25) is 5.82 Å². The Bertz CT molecular complexity index is 1030. The average Bonchev–Trinajstić information content (AvgIpc) is 3.04. The molecule has 0 atom stereocenters. The van der Waals surface area contributed by atoms with Crippen LogP contribution in [0.2, 0.25) is 0 Å². The number of nitrogens with one attached hydrogen (secondary N) is 2. The quantitative estimate of drug-likeness (QED) is 0.533. The summed E-state index contributed by atoms with van der Waals surface area (Å²) in [6.45, 7) is -0.655. The number of fused-ring (bicyclic) bond motifs is 1. The molecule has 2 N–H and O–H groups in total. The molecule has 6 nitrogen and oxygen atoms in total. The first-order valence-electron chi connectivity index (χ1n) is 8.19. The molecule has 0 aliphatic carbocycles. The maximum Gasteiger partial charge on any atom is 0.449 e. The zero-order chi connectivity index (χ0) is 20.1. The molecular weight excluding hydrogens is 373 g/mol. The number of benzene rings is 2. The number of rotatable bonds is 4. The van der Waals surface area contributed by atoms with Crippen LogP contribution in [0.15, 0.2) is 60.7 Å². The first-order valence-corrected chi connectivity index (χ1v) is 8.19. The second kappa shape index (κ2) is 7.95. The summed E-state index contributed by atoms with van der Waals surface area (Å²) in [5.41, 5.74) is 5.30. The van der Waals surface area contributed by atoms with Gasteiger partial charge in [0.15, 0.2) is 0 Å². The predicted octanol–water partition coefficient (Wildman–Crippen LogP) is 2.92. The van der Waals surface area contributed by atoms with Gasteiger partial charge in [-0.3, -0.25) is 20.4 Å². The van der Waals surface area contributed by atoms with E-state index in [9.17, 15) is 22.8 Å². The Labute approximate surface area is 157 Å². The topological polar surface area (TPSA) is 76.0 Å². The van der Waals surface area contributed by atoms with E-state index in [-0.39, 0.29) is 11.0 Å². The number of para-hydroxylation sites is 2. The summed E-state index contributed by atoms with van der Waals surface area (Å²) in [6.07, 6.45) is -1.99. The first-order chi connectivity index (χ1) is 13.3. The van der Waals surface area contributed by atoms with Crippen LogP contribution in [0.25, 0.3) is 17.1 Å².